The van der Waals surface area contributed by atoms with Crippen LogP contribution in [0.5, 0.6) is 0 Å². The van der Waals surface area contributed by atoms with E-state index in [1.54, 1.807) is 22.5 Å². The Kier molecular flexibility index (Phi) is 6.04. The first-order chi connectivity index (χ1) is 11.2. The lowest BCUT2D eigenvalue weighted by Crippen LogP contribution is -2.42. The highest BCUT2D eigenvalue weighted by molar-refractivity contribution is 7.89. The van der Waals surface area contributed by atoms with Crippen LogP contribution in [0, 0.1) is 11.8 Å². The number of nitrogens with zero attached hydrogens (tertiary/aromatic N) is 1. The maximum absolute atomic E-state index is 12.9. The van der Waals surface area contributed by atoms with Gasteiger partial charge in [0.05, 0.1) is 4.90 Å². The summed E-state index contributed by atoms with van der Waals surface area (Å²) in [5, 5.41) is 2.87. The molecule has 0 saturated carbocycles. The van der Waals surface area contributed by atoms with Crippen LogP contribution in [0.25, 0.3) is 0 Å². The first kappa shape index (κ1) is 18.9. The molecule has 0 bridgehead atoms. The Morgan fingerprint density at radius 3 is 2.50 bits per heavy atom. The normalized spacial score (nSPS) is 23.7. The maximum Gasteiger partial charge on any atom is 0.251 e. The quantitative estimate of drug-likeness (QED) is 0.886. The number of rotatable bonds is 5. The van der Waals surface area contributed by atoms with Crippen LogP contribution in [0.1, 0.15) is 50.9 Å². The Balaban J connectivity index is 2.25. The van der Waals surface area contributed by atoms with E-state index in [1.165, 1.54) is 6.07 Å². The lowest BCUT2D eigenvalue weighted by atomic mass is 9.94. The van der Waals surface area contributed by atoms with E-state index in [0.717, 1.165) is 12.8 Å². The molecular weight excluding hydrogens is 324 g/mol. The van der Waals surface area contributed by atoms with Gasteiger partial charge in [0, 0.05) is 24.7 Å². The van der Waals surface area contributed by atoms with Crippen molar-refractivity contribution < 1.29 is 13.2 Å². The van der Waals surface area contributed by atoms with Crippen molar-refractivity contribution in [2.24, 2.45) is 11.8 Å². The van der Waals surface area contributed by atoms with E-state index >= 15 is 0 Å². The molecule has 1 fully saturated rings. The van der Waals surface area contributed by atoms with Crippen molar-refractivity contribution >= 4 is 15.9 Å². The second kappa shape index (κ2) is 7.66. The van der Waals surface area contributed by atoms with Crippen molar-refractivity contribution in [1.82, 2.24) is 9.62 Å². The van der Waals surface area contributed by atoms with Crippen LogP contribution in [0.15, 0.2) is 29.2 Å². The fourth-order valence-corrected chi connectivity index (χ4v) is 4.88. The summed E-state index contributed by atoms with van der Waals surface area (Å²) >= 11 is 0. The molecule has 1 aromatic carbocycles. The zero-order valence-corrected chi connectivity index (χ0v) is 15.8. The molecule has 2 rings (SSSR count). The number of hydrogen-bond donors (Lipinski definition) is 1. The monoisotopic (exact) mass is 352 g/mol. The van der Waals surface area contributed by atoms with Gasteiger partial charge in [-0.15, -0.1) is 0 Å². The van der Waals surface area contributed by atoms with E-state index in [-0.39, 0.29) is 16.8 Å². The van der Waals surface area contributed by atoms with Crippen LogP contribution in [0.4, 0.5) is 0 Å². The Morgan fingerprint density at radius 2 is 1.92 bits per heavy atom. The fraction of sp³-hybridized carbons (Fsp3) is 0.611. The molecule has 1 saturated heterocycles. The highest BCUT2D eigenvalue weighted by atomic mass is 32.2. The largest absolute Gasteiger partial charge is 0.350 e. The molecule has 3 atom stereocenters. The molecule has 24 heavy (non-hydrogen) atoms. The number of amides is 1. The van der Waals surface area contributed by atoms with Crippen molar-refractivity contribution in [2.45, 2.75) is 51.5 Å². The third-order valence-corrected chi connectivity index (χ3v) is 6.39. The van der Waals surface area contributed by atoms with Gasteiger partial charge in [0.2, 0.25) is 10.0 Å². The summed E-state index contributed by atoms with van der Waals surface area (Å²) in [7, 11) is -3.56. The molecule has 0 spiro atoms. The minimum Gasteiger partial charge on any atom is -0.350 e. The maximum atomic E-state index is 12.9. The van der Waals surface area contributed by atoms with Crippen LogP contribution in [0.2, 0.25) is 0 Å². The third kappa shape index (κ3) is 4.36. The molecule has 0 aromatic heterocycles. The van der Waals surface area contributed by atoms with Crippen LogP contribution in [-0.4, -0.2) is 37.8 Å². The van der Waals surface area contributed by atoms with E-state index < -0.39 is 10.0 Å². The van der Waals surface area contributed by atoms with Crippen LogP contribution < -0.4 is 5.32 Å². The first-order valence-electron chi connectivity index (χ1n) is 8.65. The average molecular weight is 353 g/mol. The molecule has 1 aliphatic rings. The number of hydrogen-bond acceptors (Lipinski definition) is 3. The smallest absolute Gasteiger partial charge is 0.251 e. The Morgan fingerprint density at radius 1 is 1.29 bits per heavy atom. The summed E-state index contributed by atoms with van der Waals surface area (Å²) in [6, 6.07) is 6.39. The van der Waals surface area contributed by atoms with Crippen LogP contribution in [-0.2, 0) is 10.0 Å². The SMILES string of the molecule is CCC(C)NC(=O)c1cccc(S(=O)(=O)N2CC(C)CC(C)C2)c1. The topological polar surface area (TPSA) is 66.5 Å². The molecule has 1 aliphatic heterocycles. The molecule has 1 N–H and O–H groups in total. The number of carbonyl (C=O) groups excluding carboxylic acids is 1. The zero-order valence-electron chi connectivity index (χ0n) is 15.0. The highest BCUT2D eigenvalue weighted by Gasteiger charge is 2.31. The van der Waals surface area contributed by atoms with Gasteiger partial charge in [0.15, 0.2) is 0 Å². The molecule has 0 aliphatic carbocycles. The van der Waals surface area contributed by atoms with Crippen molar-refractivity contribution in [2.75, 3.05) is 13.1 Å². The van der Waals surface area contributed by atoms with Gasteiger partial charge in [-0.1, -0.05) is 26.8 Å². The number of sulfonamides is 1. The fourth-order valence-electron chi connectivity index (χ4n) is 3.16. The van der Waals surface area contributed by atoms with E-state index in [4.69, 9.17) is 0 Å². The lowest BCUT2D eigenvalue weighted by molar-refractivity contribution is 0.0939. The van der Waals surface area contributed by atoms with Crippen molar-refractivity contribution in [3.8, 4) is 0 Å². The first-order valence-corrected chi connectivity index (χ1v) is 10.1. The van der Waals surface area contributed by atoms with Gasteiger partial charge in [-0.05, 0) is 49.8 Å². The van der Waals surface area contributed by atoms with Crippen molar-refractivity contribution in [3.63, 3.8) is 0 Å². The molecule has 1 amide bonds. The van der Waals surface area contributed by atoms with Crippen LogP contribution >= 0.6 is 0 Å². The Labute approximate surface area is 145 Å². The summed E-state index contributed by atoms with van der Waals surface area (Å²) < 4.78 is 27.4. The number of carbonyl (C=O) groups is 1. The molecule has 1 heterocycles. The predicted molar refractivity (Wildman–Crippen MR) is 95.4 cm³/mol. The Bertz CT molecular complexity index is 677. The third-order valence-electron chi connectivity index (χ3n) is 4.56. The van der Waals surface area contributed by atoms with Gasteiger partial charge in [0.1, 0.15) is 0 Å². The summed E-state index contributed by atoms with van der Waals surface area (Å²) in [6.07, 6.45) is 1.87. The summed E-state index contributed by atoms with van der Waals surface area (Å²) in [6.45, 7) is 9.15. The van der Waals surface area contributed by atoms with Crippen molar-refractivity contribution in [1.29, 1.82) is 0 Å². The minimum atomic E-state index is -3.56. The average Bonchev–Trinajstić information content (AvgIpc) is 2.53. The van der Waals surface area contributed by atoms with Gasteiger partial charge >= 0.3 is 0 Å². The molecule has 1 aromatic rings. The Hall–Kier alpha value is -1.40. The minimum absolute atomic E-state index is 0.0570. The zero-order chi connectivity index (χ0) is 17.9. The van der Waals surface area contributed by atoms with E-state index in [9.17, 15) is 13.2 Å². The van der Waals surface area contributed by atoms with Crippen molar-refractivity contribution in [3.05, 3.63) is 29.8 Å². The number of nitrogens with one attached hydrogen (secondary N) is 1. The van der Waals surface area contributed by atoms with Gasteiger partial charge in [-0.2, -0.15) is 4.31 Å². The van der Waals surface area contributed by atoms with Gasteiger partial charge < -0.3 is 5.32 Å². The molecular formula is C18H28N2O3S. The second-order valence-corrected chi connectivity index (χ2v) is 9.02. The van der Waals surface area contributed by atoms with E-state index in [2.05, 4.69) is 19.2 Å². The lowest BCUT2D eigenvalue weighted by Gasteiger charge is -2.34. The molecule has 3 unspecified atom stereocenters. The molecule has 6 heteroatoms. The summed E-state index contributed by atoms with van der Waals surface area (Å²) in [5.74, 6) is 0.461. The van der Waals surface area contributed by atoms with Gasteiger partial charge in [0.25, 0.3) is 5.91 Å². The van der Waals surface area contributed by atoms with Gasteiger partial charge in [-0.25, -0.2) is 8.42 Å². The predicted octanol–water partition coefficient (Wildman–Crippen LogP) is 2.88. The van der Waals surface area contributed by atoms with E-state index in [1.807, 2.05) is 13.8 Å². The highest BCUT2D eigenvalue weighted by Crippen LogP contribution is 2.27. The standard InChI is InChI=1S/C18H28N2O3S/c1-5-15(4)19-18(21)16-7-6-8-17(10-16)24(22,23)20-11-13(2)9-14(3)12-20/h6-8,10,13-15H,5,9,11-12H2,1-4H3,(H,19,21). The number of piperidine rings is 1. The summed E-state index contributed by atoms with van der Waals surface area (Å²) in [5.41, 5.74) is 0.384. The van der Waals surface area contributed by atoms with Gasteiger partial charge in [-0.3, -0.25) is 4.79 Å². The van der Waals surface area contributed by atoms with E-state index in [0.29, 0.717) is 30.5 Å². The van der Waals surface area contributed by atoms with Crippen LogP contribution in [0.3, 0.4) is 0 Å². The molecule has 5 nitrogen and oxygen atoms in total. The second-order valence-electron chi connectivity index (χ2n) is 7.08. The molecule has 134 valence electrons. The number of benzene rings is 1. The molecule has 0 radical (unpaired) electrons. The summed E-state index contributed by atoms with van der Waals surface area (Å²) in [4.78, 5) is 12.4.